The van der Waals surface area contributed by atoms with Gasteiger partial charge < -0.3 is 15.4 Å². The molecule has 0 aliphatic heterocycles. The van der Waals surface area contributed by atoms with Gasteiger partial charge >= 0.3 is 0 Å². The fourth-order valence-corrected chi connectivity index (χ4v) is 1.64. The SMILES string of the molecule is CCNc1nccc(C(=O)NC(CC)COC)c1F. The number of anilines is 1. The predicted octanol–water partition coefficient (Wildman–Crippen LogP) is 1.81. The number of amides is 1. The van der Waals surface area contributed by atoms with E-state index in [1.165, 1.54) is 12.3 Å². The summed E-state index contributed by atoms with van der Waals surface area (Å²) >= 11 is 0. The Labute approximate surface area is 112 Å². The van der Waals surface area contributed by atoms with Crippen molar-refractivity contribution in [3.63, 3.8) is 0 Å². The Morgan fingerprint density at radius 2 is 2.26 bits per heavy atom. The summed E-state index contributed by atoms with van der Waals surface area (Å²) in [6.45, 7) is 4.70. The molecular formula is C13H20FN3O2. The zero-order valence-electron chi connectivity index (χ0n) is 11.5. The Bertz CT molecular complexity index is 426. The molecule has 0 aliphatic carbocycles. The number of nitrogens with one attached hydrogen (secondary N) is 2. The summed E-state index contributed by atoms with van der Waals surface area (Å²) in [5, 5.41) is 5.51. The molecule has 0 bridgehead atoms. The third kappa shape index (κ3) is 4.17. The van der Waals surface area contributed by atoms with Crippen molar-refractivity contribution in [2.24, 2.45) is 0 Å². The highest BCUT2D eigenvalue weighted by atomic mass is 19.1. The van der Waals surface area contributed by atoms with Crippen LogP contribution in [0.5, 0.6) is 0 Å². The molecular weight excluding hydrogens is 249 g/mol. The summed E-state index contributed by atoms with van der Waals surface area (Å²) in [6, 6.07) is 1.23. The first-order chi connectivity index (χ1) is 9.13. The van der Waals surface area contributed by atoms with E-state index in [1.54, 1.807) is 7.11 Å². The van der Waals surface area contributed by atoms with Crippen LogP contribution in [0, 0.1) is 5.82 Å². The van der Waals surface area contributed by atoms with Crippen LogP contribution >= 0.6 is 0 Å². The predicted molar refractivity (Wildman–Crippen MR) is 71.8 cm³/mol. The number of hydrogen-bond donors (Lipinski definition) is 2. The number of nitrogens with zero attached hydrogens (tertiary/aromatic N) is 1. The molecule has 0 aliphatic rings. The van der Waals surface area contributed by atoms with E-state index in [1.807, 2.05) is 13.8 Å². The normalized spacial score (nSPS) is 12.0. The molecule has 6 heteroatoms. The summed E-state index contributed by atoms with van der Waals surface area (Å²) < 4.78 is 19.0. The van der Waals surface area contributed by atoms with Gasteiger partial charge in [-0.2, -0.15) is 0 Å². The van der Waals surface area contributed by atoms with Gasteiger partial charge in [0.2, 0.25) is 0 Å². The van der Waals surface area contributed by atoms with E-state index in [4.69, 9.17) is 4.74 Å². The minimum absolute atomic E-state index is 0.0134. The van der Waals surface area contributed by atoms with E-state index in [-0.39, 0.29) is 17.4 Å². The molecule has 1 unspecified atom stereocenters. The average molecular weight is 269 g/mol. The monoisotopic (exact) mass is 269 g/mol. The lowest BCUT2D eigenvalue weighted by molar-refractivity contribution is 0.0890. The highest BCUT2D eigenvalue weighted by Gasteiger charge is 2.18. The lowest BCUT2D eigenvalue weighted by Crippen LogP contribution is -2.38. The summed E-state index contributed by atoms with van der Waals surface area (Å²) in [7, 11) is 1.56. The van der Waals surface area contributed by atoms with Crippen molar-refractivity contribution in [3.8, 4) is 0 Å². The van der Waals surface area contributed by atoms with Crippen molar-refractivity contribution in [2.75, 3.05) is 25.6 Å². The Morgan fingerprint density at radius 1 is 1.53 bits per heavy atom. The van der Waals surface area contributed by atoms with Gasteiger partial charge in [-0.25, -0.2) is 9.37 Å². The number of carbonyl (C=O) groups is 1. The van der Waals surface area contributed by atoms with Crippen molar-refractivity contribution >= 4 is 11.7 Å². The van der Waals surface area contributed by atoms with Gasteiger partial charge in [-0.3, -0.25) is 4.79 Å². The second kappa shape index (κ2) is 7.68. The van der Waals surface area contributed by atoms with Crippen LogP contribution in [0.1, 0.15) is 30.6 Å². The summed E-state index contributed by atoms with van der Waals surface area (Å²) in [5.41, 5.74) is -0.0134. The summed E-state index contributed by atoms with van der Waals surface area (Å²) in [6.07, 6.45) is 2.12. The van der Waals surface area contributed by atoms with Gasteiger partial charge in [0, 0.05) is 19.9 Å². The number of methoxy groups -OCH3 is 1. The number of aromatic nitrogens is 1. The Balaban J connectivity index is 2.84. The Kier molecular flexibility index (Phi) is 6.21. The molecule has 2 N–H and O–H groups in total. The van der Waals surface area contributed by atoms with Gasteiger partial charge in [0.05, 0.1) is 18.2 Å². The number of rotatable bonds is 7. The van der Waals surface area contributed by atoms with Crippen LogP contribution in [-0.2, 0) is 4.74 Å². The van der Waals surface area contributed by atoms with Crippen LogP contribution in [0.4, 0.5) is 10.2 Å². The molecule has 1 heterocycles. The number of hydrogen-bond acceptors (Lipinski definition) is 4. The molecule has 0 saturated carbocycles. The van der Waals surface area contributed by atoms with Gasteiger partial charge in [0.1, 0.15) is 0 Å². The number of ether oxygens (including phenoxy) is 1. The molecule has 19 heavy (non-hydrogen) atoms. The summed E-state index contributed by atoms with van der Waals surface area (Å²) in [5.74, 6) is -0.994. The van der Waals surface area contributed by atoms with E-state index >= 15 is 0 Å². The van der Waals surface area contributed by atoms with Gasteiger partial charge in [0.15, 0.2) is 11.6 Å². The topological polar surface area (TPSA) is 63.2 Å². The molecule has 0 fully saturated rings. The van der Waals surface area contributed by atoms with Crippen molar-refractivity contribution in [2.45, 2.75) is 26.3 Å². The quantitative estimate of drug-likeness (QED) is 0.792. The molecule has 0 spiro atoms. The minimum atomic E-state index is -0.630. The maximum Gasteiger partial charge on any atom is 0.254 e. The molecule has 0 saturated heterocycles. The lowest BCUT2D eigenvalue weighted by atomic mass is 10.2. The van der Waals surface area contributed by atoms with Crippen LogP contribution in [0.3, 0.4) is 0 Å². The first-order valence-corrected chi connectivity index (χ1v) is 6.32. The zero-order valence-corrected chi connectivity index (χ0v) is 11.5. The van der Waals surface area contributed by atoms with Crippen molar-refractivity contribution in [1.82, 2.24) is 10.3 Å². The third-order valence-corrected chi connectivity index (χ3v) is 2.67. The number of halogens is 1. The second-order valence-electron chi connectivity index (χ2n) is 4.09. The van der Waals surface area contributed by atoms with E-state index in [2.05, 4.69) is 15.6 Å². The largest absolute Gasteiger partial charge is 0.383 e. The fraction of sp³-hybridized carbons (Fsp3) is 0.538. The molecule has 5 nitrogen and oxygen atoms in total. The second-order valence-corrected chi connectivity index (χ2v) is 4.09. The summed E-state index contributed by atoms with van der Waals surface area (Å²) in [4.78, 5) is 15.9. The molecule has 1 atom stereocenters. The van der Waals surface area contributed by atoms with Crippen molar-refractivity contribution in [3.05, 3.63) is 23.6 Å². The van der Waals surface area contributed by atoms with Crippen LogP contribution in [0.2, 0.25) is 0 Å². The molecule has 0 aromatic carbocycles. The van der Waals surface area contributed by atoms with Gasteiger partial charge in [0.25, 0.3) is 5.91 Å². The number of carbonyl (C=O) groups excluding carboxylic acids is 1. The van der Waals surface area contributed by atoms with E-state index < -0.39 is 11.7 Å². The fourth-order valence-electron chi connectivity index (χ4n) is 1.64. The van der Waals surface area contributed by atoms with Gasteiger partial charge in [-0.05, 0) is 19.4 Å². The average Bonchev–Trinajstić information content (AvgIpc) is 2.40. The van der Waals surface area contributed by atoms with Crippen LogP contribution < -0.4 is 10.6 Å². The van der Waals surface area contributed by atoms with Gasteiger partial charge in [-0.1, -0.05) is 6.92 Å². The standard InChI is InChI=1S/C13H20FN3O2/c1-4-9(8-19-3)17-13(18)10-6-7-16-12(11(10)14)15-5-2/h6-7,9H,4-5,8H2,1-3H3,(H,15,16)(H,17,18). The first kappa shape index (κ1) is 15.4. The first-order valence-electron chi connectivity index (χ1n) is 6.32. The van der Waals surface area contributed by atoms with E-state index in [0.29, 0.717) is 19.6 Å². The minimum Gasteiger partial charge on any atom is -0.383 e. The number of pyridine rings is 1. The highest BCUT2D eigenvalue weighted by Crippen LogP contribution is 2.15. The maximum atomic E-state index is 14.0. The smallest absolute Gasteiger partial charge is 0.254 e. The molecule has 1 aromatic rings. The lowest BCUT2D eigenvalue weighted by Gasteiger charge is -2.16. The van der Waals surface area contributed by atoms with Crippen molar-refractivity contribution < 1.29 is 13.9 Å². The van der Waals surface area contributed by atoms with E-state index in [0.717, 1.165) is 0 Å². The molecule has 0 radical (unpaired) electrons. The van der Waals surface area contributed by atoms with E-state index in [9.17, 15) is 9.18 Å². The van der Waals surface area contributed by atoms with Gasteiger partial charge in [-0.15, -0.1) is 0 Å². The Hall–Kier alpha value is -1.69. The van der Waals surface area contributed by atoms with Crippen LogP contribution in [0.15, 0.2) is 12.3 Å². The van der Waals surface area contributed by atoms with Crippen molar-refractivity contribution in [1.29, 1.82) is 0 Å². The Morgan fingerprint density at radius 3 is 2.84 bits per heavy atom. The van der Waals surface area contributed by atoms with Crippen LogP contribution in [-0.4, -0.2) is 37.2 Å². The molecule has 1 rings (SSSR count). The molecule has 1 aromatic heterocycles. The molecule has 106 valence electrons. The highest BCUT2D eigenvalue weighted by molar-refractivity contribution is 5.95. The molecule has 1 amide bonds. The van der Waals surface area contributed by atoms with Crippen LogP contribution in [0.25, 0.3) is 0 Å². The third-order valence-electron chi connectivity index (χ3n) is 2.67. The zero-order chi connectivity index (χ0) is 14.3. The maximum absolute atomic E-state index is 14.0.